The lowest BCUT2D eigenvalue weighted by molar-refractivity contribution is 1.16. The standard InChI is InChI=1S/C16H12ClN3/c17-13-5-4-11(9-18)16(8-13)20-10-12-2-1-3-15-14(12)6-7-19-15/h1-8,19-20H,10H2. The number of nitrogens with zero attached hydrogens (tertiary/aromatic N) is 1. The Hall–Kier alpha value is -2.44. The molecule has 1 aromatic heterocycles. The van der Waals surface area contributed by atoms with Gasteiger partial charge in [0, 0.05) is 28.7 Å². The van der Waals surface area contributed by atoms with Crippen LogP contribution in [0.4, 0.5) is 5.69 Å². The fraction of sp³-hybridized carbons (Fsp3) is 0.0625. The SMILES string of the molecule is N#Cc1ccc(Cl)cc1NCc1cccc2[nH]ccc12. The van der Waals surface area contributed by atoms with Crippen molar-refractivity contribution in [2.45, 2.75) is 6.54 Å². The second kappa shape index (κ2) is 5.28. The smallest absolute Gasteiger partial charge is 0.101 e. The molecule has 2 aromatic carbocycles. The van der Waals surface area contributed by atoms with Crippen LogP contribution in [0, 0.1) is 11.3 Å². The van der Waals surface area contributed by atoms with E-state index in [1.807, 2.05) is 18.3 Å². The summed E-state index contributed by atoms with van der Waals surface area (Å²) in [6, 6.07) is 15.6. The molecule has 4 heteroatoms. The lowest BCUT2D eigenvalue weighted by Gasteiger charge is -2.09. The molecule has 3 aromatic rings. The van der Waals surface area contributed by atoms with Crippen LogP contribution in [0.2, 0.25) is 5.02 Å². The molecule has 0 aliphatic rings. The Balaban J connectivity index is 1.89. The van der Waals surface area contributed by atoms with Crippen molar-refractivity contribution < 1.29 is 0 Å². The number of nitriles is 1. The number of nitrogens with one attached hydrogen (secondary N) is 2. The maximum absolute atomic E-state index is 9.11. The molecular weight excluding hydrogens is 270 g/mol. The van der Waals surface area contributed by atoms with Crippen LogP contribution >= 0.6 is 11.6 Å². The van der Waals surface area contributed by atoms with Gasteiger partial charge in [0.25, 0.3) is 0 Å². The Bertz CT molecular complexity index is 799. The predicted molar refractivity (Wildman–Crippen MR) is 81.8 cm³/mol. The zero-order valence-corrected chi connectivity index (χ0v) is 11.4. The van der Waals surface area contributed by atoms with Crippen molar-refractivity contribution in [3.63, 3.8) is 0 Å². The molecule has 0 fully saturated rings. The number of aromatic amines is 1. The first-order valence-electron chi connectivity index (χ1n) is 6.26. The van der Waals surface area contributed by atoms with Gasteiger partial charge in [-0.1, -0.05) is 23.7 Å². The molecule has 0 aliphatic carbocycles. The summed E-state index contributed by atoms with van der Waals surface area (Å²) in [5.41, 5.74) is 3.63. The number of hydrogen-bond acceptors (Lipinski definition) is 2. The highest BCUT2D eigenvalue weighted by molar-refractivity contribution is 6.30. The van der Waals surface area contributed by atoms with E-state index in [9.17, 15) is 0 Å². The molecule has 0 aliphatic heterocycles. The third kappa shape index (κ3) is 2.34. The third-order valence-electron chi connectivity index (χ3n) is 3.26. The Kier molecular flexibility index (Phi) is 3.32. The number of anilines is 1. The third-order valence-corrected chi connectivity index (χ3v) is 3.49. The quantitative estimate of drug-likeness (QED) is 0.752. The van der Waals surface area contributed by atoms with E-state index < -0.39 is 0 Å². The van der Waals surface area contributed by atoms with E-state index in [1.165, 1.54) is 10.9 Å². The van der Waals surface area contributed by atoms with Gasteiger partial charge in [0.1, 0.15) is 6.07 Å². The van der Waals surface area contributed by atoms with E-state index in [0.717, 1.165) is 11.2 Å². The van der Waals surface area contributed by atoms with Crippen LogP contribution in [0.3, 0.4) is 0 Å². The second-order valence-electron chi connectivity index (χ2n) is 4.51. The van der Waals surface area contributed by atoms with Crippen molar-refractivity contribution in [3.05, 3.63) is 64.8 Å². The maximum Gasteiger partial charge on any atom is 0.101 e. The van der Waals surface area contributed by atoms with Gasteiger partial charge in [-0.3, -0.25) is 0 Å². The van der Waals surface area contributed by atoms with Crippen LogP contribution in [0.25, 0.3) is 10.9 Å². The number of fused-ring (bicyclic) bond motifs is 1. The van der Waals surface area contributed by atoms with Crippen molar-refractivity contribution in [2.75, 3.05) is 5.32 Å². The molecule has 98 valence electrons. The van der Waals surface area contributed by atoms with Gasteiger partial charge in [0.15, 0.2) is 0 Å². The summed E-state index contributed by atoms with van der Waals surface area (Å²) >= 11 is 5.98. The number of H-pyrrole nitrogens is 1. The van der Waals surface area contributed by atoms with E-state index in [1.54, 1.807) is 18.2 Å². The van der Waals surface area contributed by atoms with Gasteiger partial charge in [0.2, 0.25) is 0 Å². The topological polar surface area (TPSA) is 51.6 Å². The van der Waals surface area contributed by atoms with E-state index in [0.29, 0.717) is 17.1 Å². The molecule has 0 atom stereocenters. The molecule has 0 radical (unpaired) electrons. The number of hydrogen-bond donors (Lipinski definition) is 2. The Labute approximate surface area is 121 Å². The predicted octanol–water partition coefficient (Wildman–Crippen LogP) is 4.31. The molecule has 3 rings (SSSR count). The van der Waals surface area contributed by atoms with Crippen molar-refractivity contribution in [2.24, 2.45) is 0 Å². The molecule has 20 heavy (non-hydrogen) atoms. The first-order chi connectivity index (χ1) is 9.78. The summed E-state index contributed by atoms with van der Waals surface area (Å²) in [7, 11) is 0. The highest BCUT2D eigenvalue weighted by Gasteiger charge is 2.05. The molecule has 0 unspecified atom stereocenters. The van der Waals surface area contributed by atoms with Gasteiger partial charge in [-0.2, -0.15) is 5.26 Å². The minimum Gasteiger partial charge on any atom is -0.380 e. The summed E-state index contributed by atoms with van der Waals surface area (Å²) in [6.45, 7) is 0.643. The van der Waals surface area contributed by atoms with Crippen LogP contribution < -0.4 is 5.32 Å². The molecule has 1 heterocycles. The monoisotopic (exact) mass is 281 g/mol. The molecule has 0 saturated carbocycles. The second-order valence-corrected chi connectivity index (χ2v) is 4.95. The average Bonchev–Trinajstić information content (AvgIpc) is 2.94. The Morgan fingerprint density at radius 3 is 2.95 bits per heavy atom. The molecule has 0 amide bonds. The van der Waals surface area contributed by atoms with Crippen molar-refractivity contribution in [1.82, 2.24) is 4.98 Å². The minimum atomic E-state index is 0.593. The molecule has 0 bridgehead atoms. The lowest BCUT2D eigenvalue weighted by Crippen LogP contribution is -2.01. The fourth-order valence-corrected chi connectivity index (χ4v) is 2.43. The van der Waals surface area contributed by atoms with Crippen LogP contribution in [-0.2, 0) is 6.54 Å². The van der Waals surface area contributed by atoms with Gasteiger partial charge >= 0.3 is 0 Å². The highest BCUT2D eigenvalue weighted by Crippen LogP contribution is 2.23. The molecule has 2 N–H and O–H groups in total. The van der Waals surface area contributed by atoms with Crippen molar-refractivity contribution >= 4 is 28.2 Å². The van der Waals surface area contributed by atoms with E-state index in [-0.39, 0.29) is 0 Å². The van der Waals surface area contributed by atoms with Gasteiger partial charge in [-0.25, -0.2) is 0 Å². The first-order valence-corrected chi connectivity index (χ1v) is 6.64. The van der Waals surface area contributed by atoms with Crippen molar-refractivity contribution in [3.8, 4) is 6.07 Å². The summed E-state index contributed by atoms with van der Waals surface area (Å²) in [5, 5.41) is 14.2. The van der Waals surface area contributed by atoms with Gasteiger partial charge in [-0.05, 0) is 35.9 Å². The maximum atomic E-state index is 9.11. The van der Waals surface area contributed by atoms with E-state index in [2.05, 4.69) is 28.5 Å². The Morgan fingerprint density at radius 2 is 2.10 bits per heavy atom. The zero-order valence-electron chi connectivity index (χ0n) is 10.7. The van der Waals surface area contributed by atoms with Gasteiger partial charge in [-0.15, -0.1) is 0 Å². The zero-order chi connectivity index (χ0) is 13.9. The highest BCUT2D eigenvalue weighted by atomic mass is 35.5. The van der Waals surface area contributed by atoms with Crippen LogP contribution in [-0.4, -0.2) is 4.98 Å². The van der Waals surface area contributed by atoms with Crippen LogP contribution in [0.1, 0.15) is 11.1 Å². The summed E-state index contributed by atoms with van der Waals surface area (Å²) in [6.07, 6.45) is 1.92. The molecule has 0 saturated heterocycles. The number of aromatic nitrogens is 1. The lowest BCUT2D eigenvalue weighted by atomic mass is 10.1. The van der Waals surface area contributed by atoms with Crippen molar-refractivity contribution in [1.29, 1.82) is 5.26 Å². The summed E-state index contributed by atoms with van der Waals surface area (Å²) < 4.78 is 0. The number of benzene rings is 2. The average molecular weight is 282 g/mol. The summed E-state index contributed by atoms with van der Waals surface area (Å²) in [4.78, 5) is 3.19. The number of halogens is 1. The largest absolute Gasteiger partial charge is 0.380 e. The van der Waals surface area contributed by atoms with Gasteiger partial charge < -0.3 is 10.3 Å². The normalized spacial score (nSPS) is 10.4. The van der Waals surface area contributed by atoms with Crippen LogP contribution in [0.15, 0.2) is 48.7 Å². The molecule has 3 nitrogen and oxygen atoms in total. The minimum absolute atomic E-state index is 0.593. The van der Waals surface area contributed by atoms with E-state index >= 15 is 0 Å². The molecular formula is C16H12ClN3. The summed E-state index contributed by atoms with van der Waals surface area (Å²) in [5.74, 6) is 0. The van der Waals surface area contributed by atoms with E-state index in [4.69, 9.17) is 16.9 Å². The molecule has 0 spiro atoms. The number of rotatable bonds is 3. The van der Waals surface area contributed by atoms with Crippen LogP contribution in [0.5, 0.6) is 0 Å². The Morgan fingerprint density at radius 1 is 1.20 bits per heavy atom. The fourth-order valence-electron chi connectivity index (χ4n) is 2.26. The van der Waals surface area contributed by atoms with Gasteiger partial charge in [0.05, 0.1) is 11.3 Å². The first kappa shape index (κ1) is 12.6.